The van der Waals surface area contributed by atoms with Crippen LogP contribution in [-0.2, 0) is 19.9 Å². The molecule has 0 bridgehead atoms. The van der Waals surface area contributed by atoms with Crippen LogP contribution in [0, 0.1) is 6.92 Å². The van der Waals surface area contributed by atoms with Gasteiger partial charge in [0.25, 0.3) is 0 Å². The number of aromatic nitrogens is 2. The lowest BCUT2D eigenvalue weighted by atomic mass is 9.98. The zero-order valence-electron chi connectivity index (χ0n) is 11.9. The third kappa shape index (κ3) is 3.03. The summed E-state index contributed by atoms with van der Waals surface area (Å²) in [6.07, 6.45) is 1.80. The number of aryl methyl sites for hydroxylation is 3. The lowest BCUT2D eigenvalue weighted by molar-refractivity contribution is 0.528. The van der Waals surface area contributed by atoms with Crippen molar-refractivity contribution in [1.29, 1.82) is 0 Å². The number of hydrogen-bond acceptors (Lipinski definition) is 3. The molecule has 19 heavy (non-hydrogen) atoms. The highest BCUT2D eigenvalue weighted by Gasteiger charge is 2.15. The van der Waals surface area contributed by atoms with E-state index in [4.69, 9.17) is 5.84 Å². The average molecular weight is 258 g/mol. The molecule has 1 atom stereocenters. The smallest absolute Gasteiger partial charge is 0.0624 e. The van der Waals surface area contributed by atoms with Gasteiger partial charge in [-0.1, -0.05) is 31.2 Å². The van der Waals surface area contributed by atoms with E-state index in [1.54, 1.807) is 0 Å². The van der Waals surface area contributed by atoms with E-state index in [0.717, 1.165) is 18.5 Å². The molecule has 3 N–H and O–H groups in total. The standard InChI is InChI=1S/C15H22N4/c1-4-12-9-13(19(3)18-12)10-15(17-16)14-8-6-5-7-11(14)2/h5-9,15,17H,4,10,16H2,1-3H3. The summed E-state index contributed by atoms with van der Waals surface area (Å²) in [6.45, 7) is 4.23. The van der Waals surface area contributed by atoms with Gasteiger partial charge in [-0.2, -0.15) is 5.10 Å². The molecule has 0 radical (unpaired) electrons. The second-order valence-corrected chi connectivity index (χ2v) is 4.88. The minimum Gasteiger partial charge on any atom is -0.272 e. The quantitative estimate of drug-likeness (QED) is 0.637. The normalized spacial score (nSPS) is 12.6. The van der Waals surface area contributed by atoms with E-state index in [1.807, 2.05) is 23.9 Å². The number of hydrogen-bond donors (Lipinski definition) is 2. The highest BCUT2D eigenvalue weighted by Crippen LogP contribution is 2.21. The molecule has 4 heteroatoms. The molecular weight excluding hydrogens is 236 g/mol. The first-order chi connectivity index (χ1) is 9.15. The molecule has 0 amide bonds. The van der Waals surface area contributed by atoms with Crippen LogP contribution in [0.25, 0.3) is 0 Å². The molecule has 1 aromatic carbocycles. The first-order valence-corrected chi connectivity index (χ1v) is 6.69. The third-order valence-corrected chi connectivity index (χ3v) is 3.57. The van der Waals surface area contributed by atoms with Crippen LogP contribution < -0.4 is 11.3 Å². The Morgan fingerprint density at radius 2 is 2.11 bits per heavy atom. The lowest BCUT2D eigenvalue weighted by Gasteiger charge is -2.18. The summed E-state index contributed by atoms with van der Waals surface area (Å²) in [5, 5.41) is 4.48. The van der Waals surface area contributed by atoms with E-state index in [-0.39, 0.29) is 6.04 Å². The maximum Gasteiger partial charge on any atom is 0.0624 e. The van der Waals surface area contributed by atoms with Crippen molar-refractivity contribution in [3.8, 4) is 0 Å². The van der Waals surface area contributed by atoms with Crippen molar-refractivity contribution in [2.24, 2.45) is 12.9 Å². The SMILES string of the molecule is CCc1cc(CC(NN)c2ccccc2C)n(C)n1. The predicted octanol–water partition coefficient (Wildman–Crippen LogP) is 2.04. The maximum atomic E-state index is 5.73. The summed E-state index contributed by atoms with van der Waals surface area (Å²) >= 11 is 0. The highest BCUT2D eigenvalue weighted by atomic mass is 15.3. The minimum absolute atomic E-state index is 0.112. The van der Waals surface area contributed by atoms with E-state index in [2.05, 4.69) is 42.6 Å². The monoisotopic (exact) mass is 258 g/mol. The van der Waals surface area contributed by atoms with Crippen molar-refractivity contribution >= 4 is 0 Å². The number of nitrogens with two attached hydrogens (primary N) is 1. The molecule has 1 heterocycles. The summed E-state index contributed by atoms with van der Waals surface area (Å²) in [5.74, 6) is 5.73. The van der Waals surface area contributed by atoms with Gasteiger partial charge >= 0.3 is 0 Å². The van der Waals surface area contributed by atoms with Crippen LogP contribution in [0.15, 0.2) is 30.3 Å². The molecule has 2 rings (SSSR count). The van der Waals surface area contributed by atoms with Gasteiger partial charge in [0, 0.05) is 19.2 Å². The fraction of sp³-hybridized carbons (Fsp3) is 0.400. The Morgan fingerprint density at radius 1 is 1.37 bits per heavy atom. The Balaban J connectivity index is 2.24. The molecule has 0 aliphatic carbocycles. The van der Waals surface area contributed by atoms with Crippen molar-refractivity contribution in [2.45, 2.75) is 32.7 Å². The molecule has 0 fully saturated rings. The van der Waals surface area contributed by atoms with E-state index in [9.17, 15) is 0 Å². The Labute approximate surface area is 114 Å². The van der Waals surface area contributed by atoms with Crippen LogP contribution in [0.2, 0.25) is 0 Å². The first kappa shape index (κ1) is 13.8. The minimum atomic E-state index is 0.112. The van der Waals surface area contributed by atoms with E-state index in [1.165, 1.54) is 16.8 Å². The zero-order chi connectivity index (χ0) is 13.8. The summed E-state index contributed by atoms with van der Waals surface area (Å²) in [6, 6.07) is 10.6. The summed E-state index contributed by atoms with van der Waals surface area (Å²) in [4.78, 5) is 0. The van der Waals surface area contributed by atoms with Gasteiger partial charge in [-0.05, 0) is 30.5 Å². The molecule has 0 saturated heterocycles. The largest absolute Gasteiger partial charge is 0.272 e. The molecule has 4 nitrogen and oxygen atoms in total. The van der Waals surface area contributed by atoms with Gasteiger partial charge in [-0.25, -0.2) is 0 Å². The number of nitrogens with zero attached hydrogens (tertiary/aromatic N) is 2. The molecular formula is C15H22N4. The molecule has 1 aromatic heterocycles. The fourth-order valence-electron chi connectivity index (χ4n) is 2.38. The van der Waals surface area contributed by atoms with Gasteiger partial charge in [0.1, 0.15) is 0 Å². The molecule has 102 valence electrons. The third-order valence-electron chi connectivity index (χ3n) is 3.57. The summed E-state index contributed by atoms with van der Waals surface area (Å²) in [5.41, 5.74) is 7.73. The maximum absolute atomic E-state index is 5.73. The van der Waals surface area contributed by atoms with Crippen LogP contribution in [0.3, 0.4) is 0 Å². The van der Waals surface area contributed by atoms with Crippen molar-refractivity contribution in [3.05, 3.63) is 52.8 Å². The Morgan fingerprint density at radius 3 is 2.68 bits per heavy atom. The highest BCUT2D eigenvalue weighted by molar-refractivity contribution is 5.30. The Hall–Kier alpha value is -1.65. The van der Waals surface area contributed by atoms with Crippen molar-refractivity contribution < 1.29 is 0 Å². The van der Waals surface area contributed by atoms with E-state index < -0.39 is 0 Å². The van der Waals surface area contributed by atoms with Gasteiger partial charge in [0.2, 0.25) is 0 Å². The summed E-state index contributed by atoms with van der Waals surface area (Å²) in [7, 11) is 1.99. The topological polar surface area (TPSA) is 55.9 Å². The number of rotatable bonds is 5. The molecule has 0 spiro atoms. The molecule has 0 aliphatic heterocycles. The first-order valence-electron chi connectivity index (χ1n) is 6.69. The number of hydrazine groups is 1. The van der Waals surface area contributed by atoms with Crippen LogP contribution in [0.5, 0.6) is 0 Å². The van der Waals surface area contributed by atoms with Crippen LogP contribution in [0.1, 0.15) is 35.5 Å². The molecule has 2 aromatic rings. The van der Waals surface area contributed by atoms with Crippen molar-refractivity contribution in [1.82, 2.24) is 15.2 Å². The van der Waals surface area contributed by atoms with Crippen LogP contribution >= 0.6 is 0 Å². The molecule has 0 aliphatic rings. The van der Waals surface area contributed by atoms with Gasteiger partial charge in [0.15, 0.2) is 0 Å². The summed E-state index contributed by atoms with van der Waals surface area (Å²) < 4.78 is 1.95. The molecule has 1 unspecified atom stereocenters. The van der Waals surface area contributed by atoms with E-state index in [0.29, 0.717) is 0 Å². The van der Waals surface area contributed by atoms with Crippen LogP contribution in [-0.4, -0.2) is 9.78 Å². The zero-order valence-corrected chi connectivity index (χ0v) is 11.9. The fourth-order valence-corrected chi connectivity index (χ4v) is 2.38. The molecule has 0 saturated carbocycles. The number of nitrogens with one attached hydrogen (secondary N) is 1. The Kier molecular flexibility index (Phi) is 4.35. The van der Waals surface area contributed by atoms with Crippen LogP contribution in [0.4, 0.5) is 0 Å². The van der Waals surface area contributed by atoms with Gasteiger partial charge in [0.05, 0.1) is 11.7 Å². The Bertz CT molecular complexity index is 545. The van der Waals surface area contributed by atoms with E-state index >= 15 is 0 Å². The van der Waals surface area contributed by atoms with Gasteiger partial charge in [-0.15, -0.1) is 0 Å². The van der Waals surface area contributed by atoms with Crippen molar-refractivity contribution in [3.63, 3.8) is 0 Å². The second kappa shape index (κ2) is 5.99. The lowest BCUT2D eigenvalue weighted by Crippen LogP contribution is -2.30. The second-order valence-electron chi connectivity index (χ2n) is 4.88. The van der Waals surface area contributed by atoms with Gasteiger partial charge < -0.3 is 0 Å². The number of benzene rings is 1. The predicted molar refractivity (Wildman–Crippen MR) is 77.5 cm³/mol. The average Bonchev–Trinajstić information content (AvgIpc) is 2.77. The van der Waals surface area contributed by atoms with Crippen molar-refractivity contribution in [2.75, 3.05) is 0 Å². The van der Waals surface area contributed by atoms with Gasteiger partial charge in [-0.3, -0.25) is 16.0 Å².